The molecule has 4 rings (SSSR count). The molecule has 0 aliphatic rings. The molecule has 124 valence electrons. The smallest absolute Gasteiger partial charge is 0.247 e. The Morgan fingerprint density at radius 2 is 1.56 bits per heavy atom. The highest BCUT2D eigenvalue weighted by Gasteiger charge is 2.15. The van der Waals surface area contributed by atoms with Gasteiger partial charge in [-0.25, -0.2) is 8.78 Å². The monoisotopic (exact) mass is 340 g/mol. The topological polar surface area (TPSA) is 77.8 Å². The van der Waals surface area contributed by atoms with E-state index < -0.39 is 5.82 Å². The van der Waals surface area contributed by atoms with Gasteiger partial charge in [-0.1, -0.05) is 23.4 Å². The lowest BCUT2D eigenvalue weighted by molar-refractivity contribution is 0.374. The molecule has 25 heavy (non-hydrogen) atoms. The van der Waals surface area contributed by atoms with Crippen LogP contribution in [-0.4, -0.2) is 20.3 Å². The number of hydrogen-bond acceptors (Lipinski definition) is 6. The molecule has 0 spiro atoms. The molecule has 2 aromatic heterocycles. The van der Waals surface area contributed by atoms with Gasteiger partial charge in [-0.15, -0.1) is 10.2 Å². The second-order valence-electron chi connectivity index (χ2n) is 5.21. The average molecular weight is 340 g/mol. The number of halogens is 2. The van der Waals surface area contributed by atoms with E-state index in [2.05, 4.69) is 20.3 Å². The predicted octanol–water partition coefficient (Wildman–Crippen LogP) is 3.66. The standard InChI is InChI=1S/C17H10F2N4O2/c18-12-5-1-3-10(7-12)16-20-14(25-23-16)9-15-21-22-17(24-15)11-4-2-6-13(19)8-11/h1-8H,9H2. The largest absolute Gasteiger partial charge is 0.420 e. The van der Waals surface area contributed by atoms with E-state index in [0.717, 1.165) is 0 Å². The summed E-state index contributed by atoms with van der Waals surface area (Å²) >= 11 is 0. The molecule has 8 heteroatoms. The molecule has 0 aliphatic carbocycles. The predicted molar refractivity (Wildman–Crippen MR) is 82.2 cm³/mol. The number of benzene rings is 2. The molecule has 0 bridgehead atoms. The number of rotatable bonds is 4. The van der Waals surface area contributed by atoms with Crippen molar-refractivity contribution < 1.29 is 17.7 Å². The van der Waals surface area contributed by atoms with Crippen molar-refractivity contribution in [1.29, 1.82) is 0 Å². The summed E-state index contributed by atoms with van der Waals surface area (Å²) in [5.41, 5.74) is 0.978. The molecule has 0 amide bonds. The second-order valence-corrected chi connectivity index (χ2v) is 5.21. The van der Waals surface area contributed by atoms with Crippen LogP contribution in [0.1, 0.15) is 11.8 Å². The summed E-state index contributed by atoms with van der Waals surface area (Å²) in [6, 6.07) is 11.7. The fourth-order valence-corrected chi connectivity index (χ4v) is 2.26. The van der Waals surface area contributed by atoms with Crippen LogP contribution in [0.3, 0.4) is 0 Å². The van der Waals surface area contributed by atoms with Crippen molar-refractivity contribution in [2.24, 2.45) is 0 Å². The molecular formula is C17H10F2N4O2. The van der Waals surface area contributed by atoms with Gasteiger partial charge in [0.1, 0.15) is 18.1 Å². The van der Waals surface area contributed by atoms with Crippen molar-refractivity contribution in [3.05, 3.63) is 71.9 Å². The molecule has 6 nitrogen and oxygen atoms in total. The first-order valence-electron chi connectivity index (χ1n) is 7.34. The molecule has 0 saturated carbocycles. The Morgan fingerprint density at radius 3 is 2.32 bits per heavy atom. The van der Waals surface area contributed by atoms with E-state index >= 15 is 0 Å². The number of nitrogens with zero attached hydrogens (tertiary/aromatic N) is 4. The summed E-state index contributed by atoms with van der Waals surface area (Å²) < 4.78 is 37.1. The summed E-state index contributed by atoms with van der Waals surface area (Å²) in [6.45, 7) is 0. The first kappa shape index (κ1) is 15.1. The normalized spacial score (nSPS) is 11.0. The fraction of sp³-hybridized carbons (Fsp3) is 0.0588. The Kier molecular flexibility index (Phi) is 3.77. The van der Waals surface area contributed by atoms with E-state index in [1.807, 2.05) is 0 Å². The van der Waals surface area contributed by atoms with Gasteiger partial charge in [0.2, 0.25) is 23.5 Å². The quantitative estimate of drug-likeness (QED) is 0.564. The van der Waals surface area contributed by atoms with Gasteiger partial charge in [-0.3, -0.25) is 0 Å². The van der Waals surface area contributed by atoms with Gasteiger partial charge in [0.25, 0.3) is 0 Å². The lowest BCUT2D eigenvalue weighted by Crippen LogP contribution is -1.89. The van der Waals surface area contributed by atoms with E-state index in [1.54, 1.807) is 24.3 Å². The maximum atomic E-state index is 13.3. The van der Waals surface area contributed by atoms with Gasteiger partial charge >= 0.3 is 0 Å². The van der Waals surface area contributed by atoms with E-state index in [9.17, 15) is 8.78 Å². The zero-order chi connectivity index (χ0) is 17.2. The Morgan fingerprint density at radius 1 is 0.840 bits per heavy atom. The van der Waals surface area contributed by atoms with E-state index in [-0.39, 0.29) is 35.7 Å². The number of aromatic nitrogens is 4. The van der Waals surface area contributed by atoms with Crippen LogP contribution >= 0.6 is 0 Å². The van der Waals surface area contributed by atoms with Crippen molar-refractivity contribution in [3.8, 4) is 22.8 Å². The van der Waals surface area contributed by atoms with Crippen LogP contribution in [0.15, 0.2) is 57.5 Å². The SMILES string of the molecule is Fc1cccc(-c2noc(Cc3nnc(-c4cccc(F)c4)o3)n2)c1. The molecule has 4 aromatic rings. The first-order valence-corrected chi connectivity index (χ1v) is 7.34. The lowest BCUT2D eigenvalue weighted by Gasteiger charge is -1.94. The van der Waals surface area contributed by atoms with E-state index in [4.69, 9.17) is 8.94 Å². The van der Waals surface area contributed by atoms with Gasteiger partial charge in [-0.05, 0) is 30.3 Å². The molecule has 0 N–H and O–H groups in total. The van der Waals surface area contributed by atoms with Crippen LogP contribution in [0.4, 0.5) is 8.78 Å². The van der Waals surface area contributed by atoms with Crippen molar-refractivity contribution in [2.75, 3.05) is 0 Å². The van der Waals surface area contributed by atoms with Crippen LogP contribution in [0.2, 0.25) is 0 Å². The summed E-state index contributed by atoms with van der Waals surface area (Å²) in [7, 11) is 0. The molecule has 0 saturated heterocycles. The zero-order valence-corrected chi connectivity index (χ0v) is 12.7. The first-order chi connectivity index (χ1) is 12.2. The second kappa shape index (κ2) is 6.23. The third-order valence-corrected chi connectivity index (χ3v) is 3.39. The molecule has 2 heterocycles. The Labute approximate surface area is 140 Å². The van der Waals surface area contributed by atoms with Crippen molar-refractivity contribution in [3.63, 3.8) is 0 Å². The lowest BCUT2D eigenvalue weighted by atomic mass is 10.2. The molecule has 2 aromatic carbocycles. The van der Waals surface area contributed by atoms with E-state index in [1.165, 1.54) is 24.3 Å². The third kappa shape index (κ3) is 3.27. The Bertz CT molecular complexity index is 947. The summed E-state index contributed by atoms with van der Waals surface area (Å²) in [5, 5.41) is 11.6. The van der Waals surface area contributed by atoms with Crippen LogP contribution in [0.25, 0.3) is 22.8 Å². The molecule has 0 fully saturated rings. The van der Waals surface area contributed by atoms with Gasteiger partial charge < -0.3 is 8.94 Å². The minimum absolute atomic E-state index is 0.116. The summed E-state index contributed by atoms with van der Waals surface area (Å²) in [6.07, 6.45) is 0.116. The van der Waals surface area contributed by atoms with Crippen LogP contribution in [0.5, 0.6) is 0 Å². The van der Waals surface area contributed by atoms with Gasteiger partial charge in [0.15, 0.2) is 0 Å². The Balaban J connectivity index is 1.54. The summed E-state index contributed by atoms with van der Waals surface area (Å²) in [4.78, 5) is 4.18. The minimum Gasteiger partial charge on any atom is -0.420 e. The van der Waals surface area contributed by atoms with Crippen LogP contribution in [0, 0.1) is 11.6 Å². The average Bonchev–Trinajstić information content (AvgIpc) is 3.25. The van der Waals surface area contributed by atoms with Crippen molar-refractivity contribution >= 4 is 0 Å². The molecule has 0 aliphatic heterocycles. The van der Waals surface area contributed by atoms with Crippen molar-refractivity contribution in [1.82, 2.24) is 20.3 Å². The molecule has 0 radical (unpaired) electrons. The van der Waals surface area contributed by atoms with Crippen LogP contribution in [-0.2, 0) is 6.42 Å². The maximum absolute atomic E-state index is 13.3. The number of hydrogen-bond donors (Lipinski definition) is 0. The fourth-order valence-electron chi connectivity index (χ4n) is 2.26. The maximum Gasteiger partial charge on any atom is 0.247 e. The third-order valence-electron chi connectivity index (χ3n) is 3.39. The highest BCUT2D eigenvalue weighted by atomic mass is 19.1. The highest BCUT2D eigenvalue weighted by Crippen LogP contribution is 2.21. The minimum atomic E-state index is -0.395. The summed E-state index contributed by atoms with van der Waals surface area (Å²) in [5.74, 6) is 0.163. The van der Waals surface area contributed by atoms with Crippen LogP contribution < -0.4 is 0 Å². The van der Waals surface area contributed by atoms with E-state index in [0.29, 0.717) is 11.1 Å². The van der Waals surface area contributed by atoms with Gasteiger partial charge in [0.05, 0.1) is 0 Å². The highest BCUT2D eigenvalue weighted by molar-refractivity contribution is 5.54. The molecule has 0 atom stereocenters. The van der Waals surface area contributed by atoms with Gasteiger partial charge in [-0.2, -0.15) is 4.98 Å². The Hall–Kier alpha value is -3.42. The zero-order valence-electron chi connectivity index (χ0n) is 12.7. The van der Waals surface area contributed by atoms with Gasteiger partial charge in [0, 0.05) is 11.1 Å². The van der Waals surface area contributed by atoms with Crippen molar-refractivity contribution in [2.45, 2.75) is 6.42 Å². The molecule has 0 unspecified atom stereocenters. The molecular weight excluding hydrogens is 330 g/mol.